The average Bonchev–Trinajstić information content (AvgIpc) is 2.97. The van der Waals surface area contributed by atoms with Crippen LogP contribution < -0.4 is 10.9 Å². The van der Waals surface area contributed by atoms with Gasteiger partial charge >= 0.3 is 0 Å². The van der Waals surface area contributed by atoms with Crippen molar-refractivity contribution < 1.29 is 5.21 Å². The molecule has 2 heterocycles. The highest BCUT2D eigenvalue weighted by atomic mass is 16.5. The van der Waals surface area contributed by atoms with Gasteiger partial charge in [0.05, 0.1) is 11.4 Å². The number of benzene rings is 2. The van der Waals surface area contributed by atoms with E-state index < -0.39 is 0 Å². The van der Waals surface area contributed by atoms with Crippen LogP contribution in [0.15, 0.2) is 59.5 Å². The van der Waals surface area contributed by atoms with Gasteiger partial charge in [0.25, 0.3) is 0 Å². The number of H-pyrrole nitrogens is 2. The number of rotatable bonds is 2. The van der Waals surface area contributed by atoms with Crippen LogP contribution in [0.1, 0.15) is 0 Å². The van der Waals surface area contributed by atoms with E-state index in [0.29, 0.717) is 11.1 Å². The molecule has 0 radical (unpaired) electrons. The van der Waals surface area contributed by atoms with Crippen molar-refractivity contribution in [3.05, 3.63) is 65.0 Å². The molecule has 0 atom stereocenters. The van der Waals surface area contributed by atoms with Gasteiger partial charge in [-0.15, -0.1) is 0 Å². The monoisotopic (exact) mass is 291 g/mol. The van der Waals surface area contributed by atoms with Crippen molar-refractivity contribution in [2.24, 2.45) is 0 Å². The van der Waals surface area contributed by atoms with E-state index in [0.717, 1.165) is 27.7 Å². The smallest absolute Gasteiger partial charge is 0.190 e. The van der Waals surface area contributed by atoms with Crippen molar-refractivity contribution in [1.82, 2.24) is 9.97 Å². The standard InChI is InChI=1S/C17H13N3O2/c21-17-8-16(19-15-4-2-1-3-11(15)17)13-9-18-14-6-5-10(20-22)7-12(13)14/h1-9,18,20,22H,(H,19,21). The third kappa shape index (κ3) is 1.88. The third-order valence-corrected chi connectivity index (χ3v) is 3.84. The first-order valence-electron chi connectivity index (χ1n) is 6.90. The lowest BCUT2D eigenvalue weighted by Crippen LogP contribution is -2.02. The summed E-state index contributed by atoms with van der Waals surface area (Å²) in [6.45, 7) is 0. The molecule has 0 aliphatic heterocycles. The highest BCUT2D eigenvalue weighted by Gasteiger charge is 2.09. The van der Waals surface area contributed by atoms with Gasteiger partial charge in [0.15, 0.2) is 5.43 Å². The van der Waals surface area contributed by atoms with Crippen LogP contribution in [0.2, 0.25) is 0 Å². The molecular formula is C17H13N3O2. The van der Waals surface area contributed by atoms with Gasteiger partial charge in [0.2, 0.25) is 0 Å². The minimum Gasteiger partial charge on any atom is -0.360 e. The number of para-hydroxylation sites is 1. The lowest BCUT2D eigenvalue weighted by atomic mass is 10.1. The number of fused-ring (bicyclic) bond motifs is 2. The molecule has 22 heavy (non-hydrogen) atoms. The molecular weight excluding hydrogens is 278 g/mol. The van der Waals surface area contributed by atoms with Gasteiger partial charge in [-0.1, -0.05) is 12.1 Å². The molecule has 0 spiro atoms. The molecule has 4 rings (SSSR count). The SMILES string of the molecule is O=c1cc(-c2c[nH]c3ccc(NO)cc23)[nH]c2ccccc12. The van der Waals surface area contributed by atoms with Gasteiger partial charge in [0, 0.05) is 39.6 Å². The lowest BCUT2D eigenvalue weighted by Gasteiger charge is -2.04. The average molecular weight is 291 g/mol. The number of anilines is 1. The topological polar surface area (TPSA) is 80.9 Å². The number of hydrogen-bond donors (Lipinski definition) is 4. The Hall–Kier alpha value is -3.05. The highest BCUT2D eigenvalue weighted by Crippen LogP contribution is 2.29. The Labute approximate surface area is 125 Å². The van der Waals surface area contributed by atoms with Crippen LogP contribution in [0.25, 0.3) is 33.1 Å². The van der Waals surface area contributed by atoms with E-state index in [1.54, 1.807) is 18.2 Å². The first-order chi connectivity index (χ1) is 10.8. The van der Waals surface area contributed by atoms with Crippen LogP contribution in [-0.2, 0) is 0 Å². The minimum atomic E-state index is -0.0184. The summed E-state index contributed by atoms with van der Waals surface area (Å²) in [4.78, 5) is 18.7. The molecule has 0 saturated heterocycles. The number of hydrogen-bond acceptors (Lipinski definition) is 3. The van der Waals surface area contributed by atoms with E-state index in [-0.39, 0.29) is 5.43 Å². The summed E-state index contributed by atoms with van der Waals surface area (Å²) >= 11 is 0. The van der Waals surface area contributed by atoms with Gasteiger partial charge in [-0.3, -0.25) is 15.5 Å². The Morgan fingerprint density at radius 3 is 2.68 bits per heavy atom. The predicted octanol–water partition coefficient (Wildman–Crippen LogP) is 3.48. The summed E-state index contributed by atoms with van der Waals surface area (Å²) in [7, 11) is 0. The maximum atomic E-state index is 12.3. The van der Waals surface area contributed by atoms with Gasteiger partial charge in [-0.25, -0.2) is 0 Å². The van der Waals surface area contributed by atoms with E-state index in [1.165, 1.54) is 0 Å². The summed E-state index contributed by atoms with van der Waals surface area (Å²) in [5, 5.41) is 10.7. The number of pyridine rings is 1. The summed E-state index contributed by atoms with van der Waals surface area (Å²) in [6.07, 6.45) is 1.85. The van der Waals surface area contributed by atoms with E-state index in [1.807, 2.05) is 36.5 Å². The molecule has 0 aliphatic carbocycles. The molecule has 0 unspecified atom stereocenters. The largest absolute Gasteiger partial charge is 0.360 e. The Bertz CT molecular complexity index is 1050. The minimum absolute atomic E-state index is 0.0184. The maximum Gasteiger partial charge on any atom is 0.190 e. The molecule has 5 heteroatoms. The molecule has 2 aromatic heterocycles. The van der Waals surface area contributed by atoms with Gasteiger partial charge in [-0.2, -0.15) is 0 Å². The van der Waals surface area contributed by atoms with Gasteiger partial charge in [-0.05, 0) is 30.3 Å². The van der Waals surface area contributed by atoms with Crippen LogP contribution in [0.4, 0.5) is 5.69 Å². The zero-order chi connectivity index (χ0) is 15.1. The van der Waals surface area contributed by atoms with E-state index in [2.05, 4.69) is 15.4 Å². The van der Waals surface area contributed by atoms with Crippen molar-refractivity contribution >= 4 is 27.5 Å². The second-order valence-electron chi connectivity index (χ2n) is 5.17. The maximum absolute atomic E-state index is 12.3. The number of aromatic amines is 2. The van der Waals surface area contributed by atoms with Crippen molar-refractivity contribution in [2.75, 3.05) is 5.48 Å². The highest BCUT2D eigenvalue weighted by molar-refractivity contribution is 5.97. The molecule has 4 aromatic rings. The molecule has 0 saturated carbocycles. The van der Waals surface area contributed by atoms with Crippen molar-refractivity contribution in [3.63, 3.8) is 0 Å². The molecule has 108 valence electrons. The fraction of sp³-hybridized carbons (Fsp3) is 0. The number of nitrogens with one attached hydrogen (secondary N) is 3. The summed E-state index contributed by atoms with van der Waals surface area (Å²) in [6, 6.07) is 14.5. The molecule has 5 nitrogen and oxygen atoms in total. The molecule has 4 N–H and O–H groups in total. The first-order valence-corrected chi connectivity index (χ1v) is 6.90. The summed E-state index contributed by atoms with van der Waals surface area (Å²) in [5.74, 6) is 0. The van der Waals surface area contributed by atoms with Crippen LogP contribution >= 0.6 is 0 Å². The Morgan fingerprint density at radius 1 is 0.955 bits per heavy atom. The second kappa shape index (κ2) is 4.75. The Kier molecular flexibility index (Phi) is 2.74. The molecule has 0 amide bonds. The Balaban J connectivity index is 2.00. The van der Waals surface area contributed by atoms with Crippen LogP contribution in [0.5, 0.6) is 0 Å². The fourth-order valence-corrected chi connectivity index (χ4v) is 2.76. The van der Waals surface area contributed by atoms with Crippen LogP contribution in [-0.4, -0.2) is 15.2 Å². The molecule has 0 bridgehead atoms. The van der Waals surface area contributed by atoms with Crippen molar-refractivity contribution in [2.45, 2.75) is 0 Å². The van der Waals surface area contributed by atoms with E-state index in [9.17, 15) is 4.79 Å². The zero-order valence-electron chi connectivity index (χ0n) is 11.6. The second-order valence-corrected chi connectivity index (χ2v) is 5.17. The third-order valence-electron chi connectivity index (χ3n) is 3.84. The molecule has 0 aliphatic rings. The van der Waals surface area contributed by atoms with Crippen LogP contribution in [0.3, 0.4) is 0 Å². The summed E-state index contributed by atoms with van der Waals surface area (Å²) in [5.41, 5.74) is 6.08. The molecule has 0 fully saturated rings. The normalized spacial score (nSPS) is 11.1. The first kappa shape index (κ1) is 12.7. The fourth-order valence-electron chi connectivity index (χ4n) is 2.76. The lowest BCUT2D eigenvalue weighted by molar-refractivity contribution is 0.389. The Morgan fingerprint density at radius 2 is 1.82 bits per heavy atom. The van der Waals surface area contributed by atoms with Crippen LogP contribution in [0, 0.1) is 0 Å². The van der Waals surface area contributed by atoms with Gasteiger partial charge in [0.1, 0.15) is 0 Å². The van der Waals surface area contributed by atoms with E-state index >= 15 is 0 Å². The van der Waals surface area contributed by atoms with Crippen molar-refractivity contribution in [3.8, 4) is 11.3 Å². The van der Waals surface area contributed by atoms with Gasteiger partial charge < -0.3 is 9.97 Å². The van der Waals surface area contributed by atoms with E-state index in [4.69, 9.17) is 5.21 Å². The summed E-state index contributed by atoms with van der Waals surface area (Å²) < 4.78 is 0. The zero-order valence-corrected chi connectivity index (χ0v) is 11.6. The quantitative estimate of drug-likeness (QED) is 0.427. The predicted molar refractivity (Wildman–Crippen MR) is 87.3 cm³/mol. The van der Waals surface area contributed by atoms with Crippen molar-refractivity contribution in [1.29, 1.82) is 0 Å². The molecule has 2 aromatic carbocycles. The number of aromatic nitrogens is 2.